The van der Waals surface area contributed by atoms with E-state index in [2.05, 4.69) is 5.32 Å². The molecule has 0 aliphatic heterocycles. The van der Waals surface area contributed by atoms with Crippen LogP contribution in [0.4, 0.5) is 0 Å². The van der Waals surface area contributed by atoms with Crippen molar-refractivity contribution >= 4 is 11.9 Å². The molecule has 1 amide bonds. The fourth-order valence-corrected chi connectivity index (χ4v) is 2.67. The molecule has 0 aromatic heterocycles. The number of nitrogens with two attached hydrogens (primary N) is 1. The summed E-state index contributed by atoms with van der Waals surface area (Å²) in [5, 5.41) is 11.8. The third-order valence-corrected chi connectivity index (χ3v) is 4.23. The summed E-state index contributed by atoms with van der Waals surface area (Å²) >= 11 is 0. The first-order valence-electron chi connectivity index (χ1n) is 7.69. The molecule has 4 N–H and O–H groups in total. The van der Waals surface area contributed by atoms with Crippen molar-refractivity contribution in [2.45, 2.75) is 70.9 Å². The van der Waals surface area contributed by atoms with Gasteiger partial charge in [-0.2, -0.15) is 0 Å². The molecule has 1 fully saturated rings. The Labute approximate surface area is 121 Å². The summed E-state index contributed by atoms with van der Waals surface area (Å²) in [5.74, 6) is -0.816. The van der Waals surface area contributed by atoms with E-state index in [0.717, 1.165) is 38.5 Å². The minimum atomic E-state index is -0.750. The standard InChI is InChI=1S/C15H28N2O3/c1-10(15(19)20)4-3-5-11(2)17-14(18)12-6-8-13(16)9-7-12/h10-13H,3-9,16H2,1-2H3,(H,17,18)(H,19,20). The lowest BCUT2D eigenvalue weighted by molar-refractivity contribution is -0.141. The van der Waals surface area contributed by atoms with Crippen molar-refractivity contribution in [1.82, 2.24) is 5.32 Å². The number of carboxylic acids is 1. The Balaban J connectivity index is 2.19. The Morgan fingerprint density at radius 1 is 1.20 bits per heavy atom. The maximum atomic E-state index is 12.1. The maximum absolute atomic E-state index is 12.1. The van der Waals surface area contributed by atoms with Crippen molar-refractivity contribution in [2.24, 2.45) is 17.6 Å². The van der Waals surface area contributed by atoms with Crippen molar-refractivity contribution in [1.29, 1.82) is 0 Å². The molecule has 0 spiro atoms. The molecule has 116 valence electrons. The van der Waals surface area contributed by atoms with E-state index in [0.29, 0.717) is 6.42 Å². The van der Waals surface area contributed by atoms with Crippen LogP contribution in [0.1, 0.15) is 58.8 Å². The van der Waals surface area contributed by atoms with Crippen molar-refractivity contribution in [3.63, 3.8) is 0 Å². The van der Waals surface area contributed by atoms with Gasteiger partial charge in [0.05, 0.1) is 5.92 Å². The third kappa shape index (κ3) is 5.90. The van der Waals surface area contributed by atoms with Crippen LogP contribution in [0.25, 0.3) is 0 Å². The van der Waals surface area contributed by atoms with Gasteiger partial charge in [-0.25, -0.2) is 0 Å². The fraction of sp³-hybridized carbons (Fsp3) is 0.867. The summed E-state index contributed by atoms with van der Waals surface area (Å²) in [6.07, 6.45) is 5.95. The van der Waals surface area contributed by atoms with Gasteiger partial charge in [0, 0.05) is 18.0 Å². The van der Waals surface area contributed by atoms with Crippen LogP contribution < -0.4 is 11.1 Å². The van der Waals surface area contributed by atoms with Crippen molar-refractivity contribution in [3.8, 4) is 0 Å². The first-order valence-corrected chi connectivity index (χ1v) is 7.69. The Hall–Kier alpha value is -1.10. The average molecular weight is 284 g/mol. The van der Waals surface area contributed by atoms with Crippen LogP contribution in [-0.4, -0.2) is 29.1 Å². The van der Waals surface area contributed by atoms with Crippen LogP contribution in [0.5, 0.6) is 0 Å². The molecule has 2 unspecified atom stereocenters. The van der Waals surface area contributed by atoms with Gasteiger partial charge in [0.15, 0.2) is 0 Å². The summed E-state index contributed by atoms with van der Waals surface area (Å²) in [5.41, 5.74) is 5.84. The van der Waals surface area contributed by atoms with Crippen LogP contribution in [0.2, 0.25) is 0 Å². The summed E-state index contributed by atoms with van der Waals surface area (Å²) in [4.78, 5) is 22.8. The molecule has 5 nitrogen and oxygen atoms in total. The zero-order valence-electron chi connectivity index (χ0n) is 12.6. The second-order valence-corrected chi connectivity index (χ2v) is 6.19. The number of carbonyl (C=O) groups is 2. The first-order chi connectivity index (χ1) is 9.40. The van der Waals surface area contributed by atoms with Gasteiger partial charge in [-0.3, -0.25) is 9.59 Å². The summed E-state index contributed by atoms with van der Waals surface area (Å²) in [7, 11) is 0. The first kappa shape index (κ1) is 17.0. The minimum Gasteiger partial charge on any atom is -0.481 e. The lowest BCUT2D eigenvalue weighted by Crippen LogP contribution is -2.40. The molecular formula is C15H28N2O3. The molecule has 1 aliphatic carbocycles. The fourth-order valence-electron chi connectivity index (χ4n) is 2.67. The Morgan fingerprint density at radius 3 is 2.35 bits per heavy atom. The molecule has 0 aromatic carbocycles. The highest BCUT2D eigenvalue weighted by Crippen LogP contribution is 2.23. The average Bonchev–Trinajstić information content (AvgIpc) is 2.39. The van der Waals surface area contributed by atoms with E-state index in [4.69, 9.17) is 10.8 Å². The van der Waals surface area contributed by atoms with Crippen molar-refractivity contribution in [3.05, 3.63) is 0 Å². The van der Waals surface area contributed by atoms with Crippen molar-refractivity contribution in [2.75, 3.05) is 0 Å². The number of aliphatic carboxylic acids is 1. The number of hydrogen-bond donors (Lipinski definition) is 3. The summed E-state index contributed by atoms with van der Waals surface area (Å²) < 4.78 is 0. The molecule has 2 atom stereocenters. The predicted molar refractivity (Wildman–Crippen MR) is 78.2 cm³/mol. The Morgan fingerprint density at radius 2 is 1.80 bits per heavy atom. The lowest BCUT2D eigenvalue weighted by atomic mass is 9.86. The predicted octanol–water partition coefficient (Wildman–Crippen LogP) is 1.90. The molecule has 1 aliphatic rings. The van der Waals surface area contributed by atoms with Crippen LogP contribution >= 0.6 is 0 Å². The Bertz CT molecular complexity index is 325. The zero-order valence-corrected chi connectivity index (χ0v) is 12.6. The number of nitrogens with one attached hydrogen (secondary N) is 1. The smallest absolute Gasteiger partial charge is 0.306 e. The lowest BCUT2D eigenvalue weighted by Gasteiger charge is -2.26. The van der Waals surface area contributed by atoms with E-state index in [-0.39, 0.29) is 29.8 Å². The molecule has 0 saturated heterocycles. The zero-order chi connectivity index (χ0) is 15.1. The monoisotopic (exact) mass is 284 g/mol. The number of carboxylic acid groups (broad SMARTS) is 1. The summed E-state index contributed by atoms with van der Waals surface area (Å²) in [6.45, 7) is 3.70. The van der Waals surface area contributed by atoms with Gasteiger partial charge >= 0.3 is 5.97 Å². The van der Waals surface area contributed by atoms with Crippen LogP contribution in [0.3, 0.4) is 0 Å². The van der Waals surface area contributed by atoms with E-state index < -0.39 is 5.97 Å². The van der Waals surface area contributed by atoms with Crippen LogP contribution in [0, 0.1) is 11.8 Å². The van der Waals surface area contributed by atoms with Crippen molar-refractivity contribution < 1.29 is 14.7 Å². The SMILES string of the molecule is CC(CCCC(C)C(=O)O)NC(=O)C1CCC(N)CC1. The number of rotatable bonds is 7. The second-order valence-electron chi connectivity index (χ2n) is 6.19. The highest BCUT2D eigenvalue weighted by atomic mass is 16.4. The number of carbonyl (C=O) groups excluding carboxylic acids is 1. The van der Waals surface area contributed by atoms with Crippen LogP contribution in [-0.2, 0) is 9.59 Å². The Kier molecular flexibility index (Phi) is 6.99. The van der Waals surface area contributed by atoms with E-state index >= 15 is 0 Å². The van der Waals surface area contributed by atoms with Gasteiger partial charge in [0.1, 0.15) is 0 Å². The van der Waals surface area contributed by atoms with Gasteiger partial charge in [-0.1, -0.05) is 13.3 Å². The normalized spacial score (nSPS) is 25.8. The molecule has 0 heterocycles. The largest absolute Gasteiger partial charge is 0.481 e. The molecule has 1 rings (SSSR count). The second kappa shape index (κ2) is 8.25. The van der Waals surface area contributed by atoms with E-state index in [1.807, 2.05) is 6.92 Å². The molecule has 20 heavy (non-hydrogen) atoms. The van der Waals surface area contributed by atoms with E-state index in [1.165, 1.54) is 0 Å². The highest BCUT2D eigenvalue weighted by Gasteiger charge is 2.25. The van der Waals surface area contributed by atoms with Gasteiger partial charge in [-0.05, 0) is 45.4 Å². The molecule has 0 aromatic rings. The topological polar surface area (TPSA) is 92.4 Å². The van der Waals surface area contributed by atoms with Gasteiger partial charge in [0.25, 0.3) is 0 Å². The molecular weight excluding hydrogens is 256 g/mol. The molecule has 0 radical (unpaired) electrons. The number of amides is 1. The van der Waals surface area contributed by atoms with E-state index in [1.54, 1.807) is 6.92 Å². The van der Waals surface area contributed by atoms with Crippen LogP contribution in [0.15, 0.2) is 0 Å². The molecule has 1 saturated carbocycles. The molecule has 0 bridgehead atoms. The van der Waals surface area contributed by atoms with E-state index in [9.17, 15) is 9.59 Å². The quantitative estimate of drug-likeness (QED) is 0.665. The maximum Gasteiger partial charge on any atom is 0.306 e. The third-order valence-electron chi connectivity index (χ3n) is 4.23. The van der Waals surface area contributed by atoms with Gasteiger partial charge in [0.2, 0.25) is 5.91 Å². The summed E-state index contributed by atoms with van der Waals surface area (Å²) in [6, 6.07) is 0.369. The highest BCUT2D eigenvalue weighted by molar-refractivity contribution is 5.79. The minimum absolute atomic E-state index is 0.107. The number of hydrogen-bond acceptors (Lipinski definition) is 3. The van der Waals surface area contributed by atoms with Gasteiger partial charge in [-0.15, -0.1) is 0 Å². The molecule has 5 heteroatoms. The van der Waals surface area contributed by atoms with Gasteiger partial charge < -0.3 is 16.2 Å².